The lowest BCUT2D eigenvalue weighted by Crippen LogP contribution is -1.95. The van der Waals surface area contributed by atoms with Gasteiger partial charge in [0.1, 0.15) is 5.75 Å². The molecule has 2 rings (SSSR count). The number of ether oxygens (including phenoxy) is 1. The van der Waals surface area contributed by atoms with E-state index in [4.69, 9.17) is 27.9 Å². The maximum absolute atomic E-state index is 11.1. The molecular weight excluding hydrogens is 301 g/mol. The summed E-state index contributed by atoms with van der Waals surface area (Å²) in [7, 11) is 0. The van der Waals surface area contributed by atoms with E-state index in [0.717, 1.165) is 5.56 Å². The normalized spacial score (nSPS) is 10.3. The second-order valence-corrected chi connectivity index (χ2v) is 4.88. The lowest BCUT2D eigenvalue weighted by atomic mass is 10.2. The number of aryl methyl sites for hydroxylation is 1. The predicted molar refractivity (Wildman–Crippen MR) is 78.9 cm³/mol. The average molecular weight is 312 g/mol. The molecule has 0 bridgehead atoms. The van der Waals surface area contributed by atoms with E-state index in [1.807, 2.05) is 6.92 Å². The number of hydrogen-bond donors (Lipinski definition) is 0. The summed E-state index contributed by atoms with van der Waals surface area (Å²) in [6.07, 6.45) is 0. The van der Waals surface area contributed by atoms with Gasteiger partial charge in [-0.05, 0) is 42.3 Å². The quantitative estimate of drug-likeness (QED) is 0.449. The third kappa shape index (κ3) is 3.21. The van der Waals surface area contributed by atoms with Crippen LogP contribution in [0.25, 0.3) is 0 Å². The minimum atomic E-state index is -0.492. The molecular formula is C14H11Cl2NO3. The summed E-state index contributed by atoms with van der Waals surface area (Å²) in [6.45, 7) is 1.83. The van der Waals surface area contributed by atoms with Crippen molar-refractivity contribution in [2.45, 2.75) is 12.8 Å². The fourth-order valence-electron chi connectivity index (χ4n) is 1.68. The van der Waals surface area contributed by atoms with Crippen LogP contribution in [0.15, 0.2) is 36.4 Å². The first kappa shape index (κ1) is 14.6. The minimum Gasteiger partial charge on any atom is -0.450 e. The molecule has 0 spiro atoms. The molecule has 4 nitrogen and oxygen atoms in total. The van der Waals surface area contributed by atoms with Gasteiger partial charge in [-0.1, -0.05) is 17.7 Å². The molecule has 0 aromatic heterocycles. The van der Waals surface area contributed by atoms with Crippen LogP contribution in [0.4, 0.5) is 5.69 Å². The molecule has 2 aromatic carbocycles. The zero-order chi connectivity index (χ0) is 14.7. The fourth-order valence-corrected chi connectivity index (χ4v) is 1.97. The zero-order valence-electron chi connectivity index (χ0n) is 10.6. The maximum atomic E-state index is 11.1. The Hall–Kier alpha value is -1.78. The van der Waals surface area contributed by atoms with Gasteiger partial charge in [0.2, 0.25) is 5.75 Å². The molecule has 0 radical (unpaired) electrons. The molecule has 20 heavy (non-hydrogen) atoms. The van der Waals surface area contributed by atoms with Gasteiger partial charge in [-0.25, -0.2) is 0 Å². The lowest BCUT2D eigenvalue weighted by Gasteiger charge is -2.08. The summed E-state index contributed by atoms with van der Waals surface area (Å²) >= 11 is 11.6. The summed E-state index contributed by atoms with van der Waals surface area (Å²) < 4.78 is 5.56. The Balaban J connectivity index is 2.37. The van der Waals surface area contributed by atoms with E-state index in [9.17, 15) is 10.1 Å². The number of benzene rings is 2. The Labute approximate surface area is 126 Å². The highest BCUT2D eigenvalue weighted by atomic mass is 35.5. The standard InChI is InChI=1S/C14H11Cl2NO3/c1-9-6-11(3-4-12(9)16)20-14-5-2-10(8-15)7-13(14)17(18)19/h2-7H,8H2,1H3. The molecule has 0 N–H and O–H groups in total. The second kappa shape index (κ2) is 6.11. The van der Waals surface area contributed by atoms with Crippen molar-refractivity contribution in [1.29, 1.82) is 0 Å². The van der Waals surface area contributed by atoms with Crippen LogP contribution in [-0.4, -0.2) is 4.92 Å². The Morgan fingerprint density at radius 2 is 2.00 bits per heavy atom. The number of alkyl halides is 1. The Kier molecular flexibility index (Phi) is 4.47. The van der Waals surface area contributed by atoms with Crippen LogP contribution in [0.1, 0.15) is 11.1 Å². The predicted octanol–water partition coefficient (Wildman–Crippen LogP) is 5.09. The van der Waals surface area contributed by atoms with Crippen LogP contribution in [0, 0.1) is 17.0 Å². The van der Waals surface area contributed by atoms with Gasteiger partial charge in [0.05, 0.1) is 4.92 Å². The second-order valence-electron chi connectivity index (χ2n) is 4.21. The SMILES string of the molecule is Cc1cc(Oc2ccc(CCl)cc2[N+](=O)[O-])ccc1Cl. The van der Waals surface area contributed by atoms with E-state index >= 15 is 0 Å². The van der Waals surface area contributed by atoms with Crippen molar-refractivity contribution < 1.29 is 9.66 Å². The monoisotopic (exact) mass is 311 g/mol. The van der Waals surface area contributed by atoms with Crippen LogP contribution < -0.4 is 4.74 Å². The third-order valence-corrected chi connectivity index (χ3v) is 3.46. The van der Waals surface area contributed by atoms with Gasteiger partial charge in [0.25, 0.3) is 0 Å². The van der Waals surface area contributed by atoms with Gasteiger partial charge >= 0.3 is 5.69 Å². The number of halogens is 2. The maximum Gasteiger partial charge on any atom is 0.311 e. The van der Waals surface area contributed by atoms with Gasteiger partial charge in [0.15, 0.2) is 0 Å². The van der Waals surface area contributed by atoms with E-state index in [2.05, 4.69) is 0 Å². The van der Waals surface area contributed by atoms with Gasteiger partial charge in [-0.15, -0.1) is 11.6 Å². The van der Waals surface area contributed by atoms with Crippen LogP contribution >= 0.6 is 23.2 Å². The molecule has 0 atom stereocenters. The largest absolute Gasteiger partial charge is 0.450 e. The molecule has 0 saturated carbocycles. The highest BCUT2D eigenvalue weighted by Crippen LogP contribution is 2.33. The molecule has 0 amide bonds. The van der Waals surface area contributed by atoms with E-state index in [1.54, 1.807) is 30.3 Å². The van der Waals surface area contributed by atoms with Crippen molar-refractivity contribution in [2.24, 2.45) is 0 Å². The summed E-state index contributed by atoms with van der Waals surface area (Å²) in [5.74, 6) is 0.875. The molecule has 2 aromatic rings. The topological polar surface area (TPSA) is 52.4 Å². The first-order valence-corrected chi connectivity index (χ1v) is 6.70. The number of nitrogens with zero attached hydrogens (tertiary/aromatic N) is 1. The van der Waals surface area contributed by atoms with Crippen molar-refractivity contribution >= 4 is 28.9 Å². The highest BCUT2D eigenvalue weighted by molar-refractivity contribution is 6.31. The Morgan fingerprint density at radius 3 is 2.60 bits per heavy atom. The smallest absolute Gasteiger partial charge is 0.311 e. The van der Waals surface area contributed by atoms with Crippen LogP contribution in [0.2, 0.25) is 5.02 Å². The molecule has 0 fully saturated rings. The van der Waals surface area contributed by atoms with Crippen molar-refractivity contribution in [3.8, 4) is 11.5 Å². The molecule has 0 aliphatic rings. The summed E-state index contributed by atoms with van der Waals surface area (Å²) in [6, 6.07) is 9.71. The summed E-state index contributed by atoms with van der Waals surface area (Å²) in [5, 5.41) is 11.7. The number of rotatable bonds is 4. The fraction of sp³-hybridized carbons (Fsp3) is 0.143. The first-order chi connectivity index (χ1) is 9.51. The molecule has 0 aliphatic heterocycles. The number of nitro benzene ring substituents is 1. The van der Waals surface area contributed by atoms with Crippen LogP contribution in [-0.2, 0) is 5.88 Å². The third-order valence-electron chi connectivity index (χ3n) is 2.73. The highest BCUT2D eigenvalue weighted by Gasteiger charge is 2.16. The van der Waals surface area contributed by atoms with Gasteiger partial charge in [-0.3, -0.25) is 10.1 Å². The van der Waals surface area contributed by atoms with Crippen LogP contribution in [0.3, 0.4) is 0 Å². The van der Waals surface area contributed by atoms with Crippen molar-refractivity contribution in [2.75, 3.05) is 0 Å². The van der Waals surface area contributed by atoms with Gasteiger partial charge in [-0.2, -0.15) is 0 Å². The number of hydrogen-bond acceptors (Lipinski definition) is 3. The van der Waals surface area contributed by atoms with Gasteiger partial charge < -0.3 is 4.74 Å². The Morgan fingerprint density at radius 1 is 1.25 bits per heavy atom. The van der Waals surface area contributed by atoms with Crippen molar-refractivity contribution in [3.63, 3.8) is 0 Å². The summed E-state index contributed by atoms with van der Waals surface area (Å²) in [5.41, 5.74) is 1.39. The average Bonchev–Trinajstić information content (AvgIpc) is 2.43. The zero-order valence-corrected chi connectivity index (χ0v) is 12.1. The van der Waals surface area contributed by atoms with Gasteiger partial charge in [0, 0.05) is 17.0 Å². The summed E-state index contributed by atoms with van der Waals surface area (Å²) in [4.78, 5) is 10.6. The molecule has 0 aliphatic carbocycles. The molecule has 0 saturated heterocycles. The lowest BCUT2D eigenvalue weighted by molar-refractivity contribution is -0.385. The van der Waals surface area contributed by atoms with E-state index in [0.29, 0.717) is 16.3 Å². The Bertz CT molecular complexity index is 659. The molecule has 6 heteroatoms. The van der Waals surface area contributed by atoms with Crippen molar-refractivity contribution in [1.82, 2.24) is 0 Å². The van der Waals surface area contributed by atoms with E-state index in [-0.39, 0.29) is 17.3 Å². The van der Waals surface area contributed by atoms with E-state index in [1.165, 1.54) is 6.07 Å². The molecule has 0 unspecified atom stereocenters. The van der Waals surface area contributed by atoms with E-state index < -0.39 is 4.92 Å². The minimum absolute atomic E-state index is 0.115. The number of nitro groups is 1. The molecule has 104 valence electrons. The van der Waals surface area contributed by atoms with Crippen LogP contribution in [0.5, 0.6) is 11.5 Å². The molecule has 0 heterocycles. The van der Waals surface area contributed by atoms with Crippen molar-refractivity contribution in [3.05, 3.63) is 62.7 Å². The first-order valence-electron chi connectivity index (χ1n) is 5.78.